The quantitative estimate of drug-likeness (QED) is 0.528. The van der Waals surface area contributed by atoms with Crippen LogP contribution in [0, 0.1) is 12.7 Å². The fraction of sp³-hybridized carbons (Fsp3) is 0.391. The highest BCUT2D eigenvalue weighted by Gasteiger charge is 2.34. The maximum absolute atomic E-state index is 14.8. The molecule has 28 heavy (non-hydrogen) atoms. The number of hydrogen-bond donors (Lipinski definition) is 0. The van der Waals surface area contributed by atoms with Crippen LogP contribution in [0.1, 0.15) is 60.2 Å². The summed E-state index contributed by atoms with van der Waals surface area (Å²) >= 11 is 0. The molecule has 5 heteroatoms. The number of methoxy groups -OCH3 is 1. The van der Waals surface area contributed by atoms with Crippen molar-refractivity contribution < 1.29 is 13.9 Å². The minimum Gasteiger partial charge on any atom is -0.465 e. The summed E-state index contributed by atoms with van der Waals surface area (Å²) in [4.78, 5) is 18.3. The van der Waals surface area contributed by atoms with Gasteiger partial charge in [-0.1, -0.05) is 13.0 Å². The van der Waals surface area contributed by atoms with Gasteiger partial charge in [0, 0.05) is 30.1 Å². The van der Waals surface area contributed by atoms with Crippen molar-refractivity contribution in [3.8, 4) is 0 Å². The number of anilines is 1. The molecule has 0 spiro atoms. The first-order valence-corrected chi connectivity index (χ1v) is 9.44. The van der Waals surface area contributed by atoms with E-state index in [4.69, 9.17) is 4.74 Å². The number of nitrogens with zero attached hydrogens (tertiary/aromatic N) is 2. The first kappa shape index (κ1) is 20.1. The Labute approximate surface area is 166 Å². The molecule has 0 aromatic heterocycles. The molecule has 0 saturated heterocycles. The maximum Gasteiger partial charge on any atom is 0.337 e. The number of rotatable bonds is 3. The van der Waals surface area contributed by atoms with E-state index in [-0.39, 0.29) is 11.4 Å². The van der Waals surface area contributed by atoms with Crippen LogP contribution in [0.2, 0.25) is 0 Å². The molecule has 1 atom stereocenters. The molecule has 1 unspecified atom stereocenters. The number of esters is 1. The van der Waals surface area contributed by atoms with Crippen molar-refractivity contribution in [2.45, 2.75) is 45.6 Å². The first-order valence-electron chi connectivity index (χ1n) is 9.44. The summed E-state index contributed by atoms with van der Waals surface area (Å²) in [6.45, 7) is 8.43. The van der Waals surface area contributed by atoms with Gasteiger partial charge >= 0.3 is 5.97 Å². The van der Waals surface area contributed by atoms with Crippen LogP contribution in [0.3, 0.4) is 0 Å². The Morgan fingerprint density at radius 3 is 2.71 bits per heavy atom. The second-order valence-electron chi connectivity index (χ2n) is 8.16. The molecular formula is C23H27FN2O2. The monoisotopic (exact) mass is 382 g/mol. The predicted octanol–water partition coefficient (Wildman–Crippen LogP) is 5.39. The van der Waals surface area contributed by atoms with Crippen LogP contribution in [0.25, 0.3) is 0 Å². The van der Waals surface area contributed by atoms with Gasteiger partial charge in [-0.2, -0.15) is 0 Å². The molecule has 0 bridgehead atoms. The average Bonchev–Trinajstić information content (AvgIpc) is 2.65. The molecule has 2 aromatic carbocycles. The minimum atomic E-state index is -0.420. The molecule has 0 radical (unpaired) electrons. The number of hydrogen-bond acceptors (Lipinski definition) is 4. The Morgan fingerprint density at radius 1 is 1.32 bits per heavy atom. The van der Waals surface area contributed by atoms with E-state index in [1.54, 1.807) is 24.3 Å². The fourth-order valence-corrected chi connectivity index (χ4v) is 3.84. The Morgan fingerprint density at radius 2 is 2.04 bits per heavy atom. The van der Waals surface area contributed by atoms with E-state index in [1.807, 2.05) is 20.0 Å². The molecule has 4 nitrogen and oxygen atoms in total. The first-order chi connectivity index (χ1) is 13.1. The number of aliphatic imine (C=N–C) groups is 1. The zero-order valence-electron chi connectivity index (χ0n) is 17.3. The highest BCUT2D eigenvalue weighted by Crippen LogP contribution is 2.43. The third kappa shape index (κ3) is 3.66. The number of halogens is 1. The lowest BCUT2D eigenvalue weighted by Gasteiger charge is -2.45. The summed E-state index contributed by atoms with van der Waals surface area (Å²) in [5, 5.41) is 0. The number of fused-ring (bicyclic) bond motifs is 1. The Hall–Kier alpha value is -2.69. The van der Waals surface area contributed by atoms with Crippen molar-refractivity contribution in [3.63, 3.8) is 0 Å². The van der Waals surface area contributed by atoms with Gasteiger partial charge in [0.1, 0.15) is 5.82 Å². The molecule has 0 saturated carbocycles. The molecule has 148 valence electrons. The Kier molecular flexibility index (Phi) is 5.28. The predicted molar refractivity (Wildman–Crippen MR) is 112 cm³/mol. The number of carbonyl (C=O) groups is 1. The molecule has 3 rings (SSSR count). The van der Waals surface area contributed by atoms with Gasteiger partial charge in [0.15, 0.2) is 0 Å². The molecule has 1 aliphatic rings. The van der Waals surface area contributed by atoms with Crippen LogP contribution in [-0.4, -0.2) is 31.9 Å². The molecular weight excluding hydrogens is 355 g/mol. The molecule has 0 fully saturated rings. The SMILES string of the molecule is COC(=O)c1ccc(C)c(N=Cc2cc3c(cc2F)N(C)C(C)(C)CC3C)c1. The summed E-state index contributed by atoms with van der Waals surface area (Å²) in [5.74, 6) is -0.393. The zero-order valence-corrected chi connectivity index (χ0v) is 17.3. The summed E-state index contributed by atoms with van der Waals surface area (Å²) in [6, 6.07) is 8.66. The average molecular weight is 382 g/mol. The van der Waals surface area contributed by atoms with Gasteiger partial charge in [0.25, 0.3) is 0 Å². The molecule has 0 amide bonds. The van der Waals surface area contributed by atoms with Crippen molar-refractivity contribution in [1.29, 1.82) is 0 Å². The van der Waals surface area contributed by atoms with E-state index < -0.39 is 5.97 Å². The van der Waals surface area contributed by atoms with Crippen molar-refractivity contribution >= 4 is 23.6 Å². The minimum absolute atomic E-state index is 0.0140. The van der Waals surface area contributed by atoms with Crippen molar-refractivity contribution in [2.24, 2.45) is 4.99 Å². The van der Waals surface area contributed by atoms with E-state index in [0.717, 1.165) is 23.2 Å². The molecule has 1 heterocycles. The second kappa shape index (κ2) is 7.38. The van der Waals surface area contributed by atoms with Gasteiger partial charge in [-0.05, 0) is 68.5 Å². The largest absolute Gasteiger partial charge is 0.465 e. The van der Waals surface area contributed by atoms with E-state index >= 15 is 0 Å². The van der Waals surface area contributed by atoms with Gasteiger partial charge in [-0.25, -0.2) is 9.18 Å². The van der Waals surface area contributed by atoms with Gasteiger partial charge in [0.05, 0.1) is 18.4 Å². The molecule has 2 aromatic rings. The highest BCUT2D eigenvalue weighted by atomic mass is 19.1. The third-order valence-electron chi connectivity index (χ3n) is 5.72. The number of aryl methyl sites for hydroxylation is 1. The molecule has 0 aliphatic carbocycles. The van der Waals surface area contributed by atoms with Crippen molar-refractivity contribution in [1.82, 2.24) is 0 Å². The summed E-state index contributed by atoms with van der Waals surface area (Å²) in [6.07, 6.45) is 2.53. The van der Waals surface area contributed by atoms with Crippen LogP contribution < -0.4 is 4.90 Å². The van der Waals surface area contributed by atoms with Crippen LogP contribution in [0.5, 0.6) is 0 Å². The standard InChI is InChI=1S/C23H27FN2O2/c1-14-7-8-16(22(27)28-6)10-20(14)25-13-17-9-18-15(2)12-23(3,4)26(5)21(18)11-19(17)24/h7-11,13,15H,12H2,1-6H3. The lowest BCUT2D eigenvalue weighted by Crippen LogP contribution is -2.45. The Balaban J connectivity index is 1.99. The Bertz CT molecular complexity index is 950. The number of carbonyl (C=O) groups excluding carboxylic acids is 1. The smallest absolute Gasteiger partial charge is 0.337 e. The van der Waals surface area contributed by atoms with E-state index in [9.17, 15) is 9.18 Å². The van der Waals surface area contributed by atoms with Crippen LogP contribution >= 0.6 is 0 Å². The van der Waals surface area contributed by atoms with E-state index in [2.05, 4.69) is 30.7 Å². The lowest BCUT2D eigenvalue weighted by atomic mass is 9.80. The summed E-state index contributed by atoms with van der Waals surface area (Å²) in [5.41, 5.74) is 4.43. The van der Waals surface area contributed by atoms with E-state index in [0.29, 0.717) is 22.7 Å². The van der Waals surface area contributed by atoms with Gasteiger partial charge in [-0.15, -0.1) is 0 Å². The van der Waals surface area contributed by atoms with Crippen molar-refractivity contribution in [2.75, 3.05) is 19.1 Å². The number of benzene rings is 2. The summed E-state index contributed by atoms with van der Waals surface area (Å²) in [7, 11) is 3.35. The van der Waals surface area contributed by atoms with Gasteiger partial charge in [0.2, 0.25) is 0 Å². The fourth-order valence-electron chi connectivity index (χ4n) is 3.84. The second-order valence-corrected chi connectivity index (χ2v) is 8.16. The molecule has 0 N–H and O–H groups in total. The normalized spacial score (nSPS) is 18.2. The van der Waals surface area contributed by atoms with Crippen LogP contribution in [0.4, 0.5) is 15.8 Å². The molecule has 1 aliphatic heterocycles. The topological polar surface area (TPSA) is 41.9 Å². The maximum atomic E-state index is 14.8. The van der Waals surface area contributed by atoms with E-state index in [1.165, 1.54) is 13.3 Å². The van der Waals surface area contributed by atoms with Crippen molar-refractivity contribution in [3.05, 3.63) is 58.4 Å². The van der Waals surface area contributed by atoms with Crippen LogP contribution in [0.15, 0.2) is 35.3 Å². The van der Waals surface area contributed by atoms with Gasteiger partial charge < -0.3 is 9.64 Å². The highest BCUT2D eigenvalue weighted by molar-refractivity contribution is 5.91. The zero-order chi connectivity index (χ0) is 20.6. The number of ether oxygens (including phenoxy) is 1. The summed E-state index contributed by atoms with van der Waals surface area (Å²) < 4.78 is 19.6. The third-order valence-corrected chi connectivity index (χ3v) is 5.72. The van der Waals surface area contributed by atoms with Crippen LogP contribution in [-0.2, 0) is 4.74 Å². The van der Waals surface area contributed by atoms with Gasteiger partial charge in [-0.3, -0.25) is 4.99 Å². The lowest BCUT2D eigenvalue weighted by molar-refractivity contribution is 0.0601.